The molecule has 1 amide bonds. The van der Waals surface area contributed by atoms with Crippen LogP contribution in [0.25, 0.3) is 0 Å². The molecule has 0 bridgehead atoms. The highest BCUT2D eigenvalue weighted by molar-refractivity contribution is 5.91. The third-order valence-electron chi connectivity index (χ3n) is 2.79. The summed E-state index contributed by atoms with van der Waals surface area (Å²) in [5.74, 6) is 0.0255. The van der Waals surface area contributed by atoms with E-state index in [0.717, 1.165) is 24.4 Å². The highest BCUT2D eigenvalue weighted by Gasteiger charge is 2.10. The molecule has 2 rings (SSSR count). The predicted molar refractivity (Wildman–Crippen MR) is 69.9 cm³/mol. The van der Waals surface area contributed by atoms with Crippen molar-refractivity contribution in [2.45, 2.75) is 33.7 Å². The van der Waals surface area contributed by atoms with E-state index in [4.69, 9.17) is 4.52 Å². The lowest BCUT2D eigenvalue weighted by Gasteiger charge is -2.05. The molecule has 2 aromatic rings. The molecule has 0 aliphatic rings. The summed E-state index contributed by atoms with van der Waals surface area (Å²) in [7, 11) is 0. The molecule has 0 aromatic carbocycles. The average Bonchev–Trinajstić information content (AvgIpc) is 2.91. The lowest BCUT2D eigenvalue weighted by atomic mass is 10.3. The average molecular weight is 262 g/mol. The van der Waals surface area contributed by atoms with Gasteiger partial charge in [0.1, 0.15) is 0 Å². The van der Waals surface area contributed by atoms with Gasteiger partial charge in [-0.25, -0.2) is 0 Å². The molecule has 19 heavy (non-hydrogen) atoms. The molecule has 6 nitrogen and oxygen atoms in total. The smallest absolute Gasteiger partial charge is 0.289 e. The van der Waals surface area contributed by atoms with Crippen LogP contribution in [-0.4, -0.2) is 27.4 Å². The van der Waals surface area contributed by atoms with E-state index in [9.17, 15) is 4.79 Å². The minimum atomic E-state index is -0.228. The van der Waals surface area contributed by atoms with E-state index in [1.165, 1.54) is 0 Å². The Kier molecular flexibility index (Phi) is 3.99. The van der Waals surface area contributed by atoms with Crippen molar-refractivity contribution in [1.29, 1.82) is 0 Å². The Balaban J connectivity index is 1.75. The van der Waals surface area contributed by atoms with Crippen LogP contribution in [0.3, 0.4) is 0 Å². The Hall–Kier alpha value is -2.11. The van der Waals surface area contributed by atoms with Crippen molar-refractivity contribution in [2.24, 2.45) is 0 Å². The first-order valence-corrected chi connectivity index (χ1v) is 6.29. The fraction of sp³-hybridized carbons (Fsp3) is 0.462. The van der Waals surface area contributed by atoms with E-state index in [2.05, 4.69) is 15.6 Å². The van der Waals surface area contributed by atoms with Gasteiger partial charge in [-0.2, -0.15) is 5.10 Å². The summed E-state index contributed by atoms with van der Waals surface area (Å²) in [5.41, 5.74) is 2.85. The quantitative estimate of drug-likeness (QED) is 0.831. The molecule has 0 radical (unpaired) electrons. The fourth-order valence-corrected chi connectivity index (χ4v) is 1.89. The Morgan fingerprint density at radius 2 is 2.11 bits per heavy atom. The van der Waals surface area contributed by atoms with Gasteiger partial charge in [-0.05, 0) is 33.3 Å². The summed E-state index contributed by atoms with van der Waals surface area (Å²) in [6.45, 7) is 7.14. The van der Waals surface area contributed by atoms with Crippen LogP contribution in [0.5, 0.6) is 0 Å². The molecule has 0 saturated heterocycles. The van der Waals surface area contributed by atoms with Crippen molar-refractivity contribution in [3.8, 4) is 0 Å². The van der Waals surface area contributed by atoms with Gasteiger partial charge >= 0.3 is 0 Å². The second-order valence-corrected chi connectivity index (χ2v) is 4.59. The normalized spacial score (nSPS) is 10.7. The van der Waals surface area contributed by atoms with Gasteiger partial charge in [-0.15, -0.1) is 0 Å². The molecule has 0 spiro atoms. The number of aromatic nitrogens is 3. The third-order valence-corrected chi connectivity index (χ3v) is 2.79. The number of aryl methyl sites for hydroxylation is 4. The summed E-state index contributed by atoms with van der Waals surface area (Å²) in [6, 6.07) is 3.66. The first-order chi connectivity index (χ1) is 9.06. The van der Waals surface area contributed by atoms with Crippen molar-refractivity contribution >= 4 is 5.91 Å². The predicted octanol–water partition coefficient (Wildman–Crippen LogP) is 1.62. The highest BCUT2D eigenvalue weighted by atomic mass is 16.5. The van der Waals surface area contributed by atoms with Crippen LogP contribution in [-0.2, 0) is 6.54 Å². The van der Waals surface area contributed by atoms with E-state index in [1.54, 1.807) is 13.0 Å². The van der Waals surface area contributed by atoms with Crippen LogP contribution in [0.2, 0.25) is 0 Å². The molecule has 1 N–H and O–H groups in total. The molecule has 0 atom stereocenters. The first kappa shape index (κ1) is 13.3. The lowest BCUT2D eigenvalue weighted by Crippen LogP contribution is -2.25. The molecular weight excluding hydrogens is 244 g/mol. The fourth-order valence-electron chi connectivity index (χ4n) is 1.89. The molecule has 0 saturated carbocycles. The standard InChI is InChI=1S/C13H18N4O2/c1-9-7-11(3)17(15-9)6-4-5-14-13(18)12-8-10(2)16-19-12/h7-8H,4-6H2,1-3H3,(H,14,18). The lowest BCUT2D eigenvalue weighted by molar-refractivity contribution is 0.0915. The SMILES string of the molecule is Cc1cc(C(=O)NCCCn2nc(C)cc2C)on1. The van der Waals surface area contributed by atoms with E-state index >= 15 is 0 Å². The van der Waals surface area contributed by atoms with Crippen LogP contribution in [0.1, 0.15) is 34.1 Å². The van der Waals surface area contributed by atoms with Gasteiger partial charge in [0.15, 0.2) is 0 Å². The van der Waals surface area contributed by atoms with E-state index < -0.39 is 0 Å². The Morgan fingerprint density at radius 1 is 1.32 bits per heavy atom. The van der Waals surface area contributed by atoms with Crippen LogP contribution >= 0.6 is 0 Å². The van der Waals surface area contributed by atoms with Crippen molar-refractivity contribution in [3.05, 3.63) is 35.0 Å². The summed E-state index contributed by atoms with van der Waals surface area (Å²) in [5, 5.41) is 10.8. The molecule has 6 heteroatoms. The molecule has 2 aromatic heterocycles. The Labute approximate surface area is 111 Å². The van der Waals surface area contributed by atoms with Crippen LogP contribution < -0.4 is 5.32 Å². The molecule has 102 valence electrons. The summed E-state index contributed by atoms with van der Waals surface area (Å²) < 4.78 is 6.83. The molecule has 2 heterocycles. The number of carbonyl (C=O) groups is 1. The molecule has 0 fully saturated rings. The number of hydrogen-bond acceptors (Lipinski definition) is 4. The van der Waals surface area contributed by atoms with E-state index in [0.29, 0.717) is 12.2 Å². The number of hydrogen-bond donors (Lipinski definition) is 1. The number of nitrogens with one attached hydrogen (secondary N) is 1. The largest absolute Gasteiger partial charge is 0.351 e. The Morgan fingerprint density at radius 3 is 2.68 bits per heavy atom. The van der Waals surface area contributed by atoms with E-state index in [-0.39, 0.29) is 11.7 Å². The van der Waals surface area contributed by atoms with Crippen molar-refractivity contribution < 1.29 is 9.32 Å². The van der Waals surface area contributed by atoms with E-state index in [1.807, 2.05) is 24.6 Å². The minimum Gasteiger partial charge on any atom is -0.351 e. The second-order valence-electron chi connectivity index (χ2n) is 4.59. The summed E-state index contributed by atoms with van der Waals surface area (Å²) >= 11 is 0. The van der Waals surface area contributed by atoms with Gasteiger partial charge in [0.2, 0.25) is 5.76 Å². The second kappa shape index (κ2) is 5.69. The van der Waals surface area contributed by atoms with Crippen LogP contribution in [0.4, 0.5) is 0 Å². The Bertz CT molecular complexity index is 571. The van der Waals surface area contributed by atoms with Crippen molar-refractivity contribution in [1.82, 2.24) is 20.3 Å². The number of amides is 1. The molecular formula is C13H18N4O2. The number of rotatable bonds is 5. The summed E-state index contributed by atoms with van der Waals surface area (Å²) in [6.07, 6.45) is 0.820. The van der Waals surface area contributed by atoms with Gasteiger partial charge in [-0.3, -0.25) is 9.48 Å². The maximum Gasteiger partial charge on any atom is 0.289 e. The van der Waals surface area contributed by atoms with Gasteiger partial charge in [0.25, 0.3) is 5.91 Å². The topological polar surface area (TPSA) is 73.0 Å². The number of nitrogens with zero attached hydrogens (tertiary/aromatic N) is 3. The first-order valence-electron chi connectivity index (χ1n) is 6.29. The molecule has 0 aliphatic heterocycles. The van der Waals surface area contributed by atoms with Gasteiger partial charge in [0, 0.05) is 24.8 Å². The maximum atomic E-state index is 11.7. The highest BCUT2D eigenvalue weighted by Crippen LogP contribution is 2.03. The summed E-state index contributed by atoms with van der Waals surface area (Å²) in [4.78, 5) is 11.7. The van der Waals surface area contributed by atoms with Gasteiger partial charge in [-0.1, -0.05) is 5.16 Å². The zero-order valence-corrected chi connectivity index (χ0v) is 11.4. The van der Waals surface area contributed by atoms with Crippen molar-refractivity contribution in [3.63, 3.8) is 0 Å². The van der Waals surface area contributed by atoms with Gasteiger partial charge in [0.05, 0.1) is 11.4 Å². The number of carbonyl (C=O) groups excluding carboxylic acids is 1. The van der Waals surface area contributed by atoms with Crippen molar-refractivity contribution in [2.75, 3.05) is 6.54 Å². The van der Waals surface area contributed by atoms with Crippen LogP contribution in [0, 0.1) is 20.8 Å². The third kappa shape index (κ3) is 3.43. The zero-order valence-electron chi connectivity index (χ0n) is 11.4. The minimum absolute atomic E-state index is 0.228. The molecule has 0 unspecified atom stereocenters. The maximum absolute atomic E-state index is 11.7. The van der Waals surface area contributed by atoms with Gasteiger partial charge < -0.3 is 9.84 Å². The molecule has 0 aliphatic carbocycles. The zero-order chi connectivity index (χ0) is 13.8. The monoisotopic (exact) mass is 262 g/mol. The van der Waals surface area contributed by atoms with Crippen LogP contribution in [0.15, 0.2) is 16.7 Å².